The molecule has 1 aliphatic rings. The van der Waals surface area contributed by atoms with Gasteiger partial charge in [-0.2, -0.15) is 0 Å². The van der Waals surface area contributed by atoms with Gasteiger partial charge in [-0.25, -0.2) is 4.79 Å². The highest BCUT2D eigenvalue weighted by Gasteiger charge is 2.34. The van der Waals surface area contributed by atoms with Crippen molar-refractivity contribution in [1.82, 2.24) is 0 Å². The van der Waals surface area contributed by atoms with Crippen molar-refractivity contribution in [3.63, 3.8) is 0 Å². The molecule has 1 fully saturated rings. The zero-order valence-corrected chi connectivity index (χ0v) is 9.42. The fourth-order valence-electron chi connectivity index (χ4n) is 2.06. The molecule has 15 heavy (non-hydrogen) atoms. The normalized spacial score (nSPS) is 19.6. The van der Waals surface area contributed by atoms with Gasteiger partial charge in [-0.15, -0.1) is 0 Å². The summed E-state index contributed by atoms with van der Waals surface area (Å²) in [5.41, 5.74) is -0.152. The molecule has 0 spiro atoms. The second kappa shape index (κ2) is 5.31. The Balaban J connectivity index is 2.59. The molecule has 86 valence electrons. The zero-order chi connectivity index (χ0) is 11.3. The molecule has 0 saturated heterocycles. The van der Waals surface area contributed by atoms with E-state index in [0.29, 0.717) is 0 Å². The van der Waals surface area contributed by atoms with Gasteiger partial charge in [-0.05, 0) is 32.1 Å². The van der Waals surface area contributed by atoms with E-state index < -0.39 is 5.97 Å². The minimum absolute atomic E-state index is 0.147. The average molecular weight is 212 g/mol. The van der Waals surface area contributed by atoms with Gasteiger partial charge in [0.25, 0.3) is 0 Å². The van der Waals surface area contributed by atoms with Crippen LogP contribution in [-0.4, -0.2) is 23.3 Å². The van der Waals surface area contributed by atoms with E-state index in [1.165, 1.54) is 6.42 Å². The van der Waals surface area contributed by atoms with Gasteiger partial charge in [-0.1, -0.05) is 19.9 Å². The van der Waals surface area contributed by atoms with Crippen LogP contribution in [0.2, 0.25) is 0 Å². The van der Waals surface area contributed by atoms with Gasteiger partial charge in [0.15, 0.2) is 0 Å². The monoisotopic (exact) mass is 212 g/mol. The Morgan fingerprint density at radius 2 is 2.00 bits per heavy atom. The fourth-order valence-corrected chi connectivity index (χ4v) is 2.06. The highest BCUT2D eigenvalue weighted by Crippen LogP contribution is 2.34. The highest BCUT2D eigenvalue weighted by atomic mass is 16.6. The molecule has 0 bridgehead atoms. The van der Waals surface area contributed by atoms with Crippen molar-refractivity contribution < 1.29 is 14.6 Å². The predicted molar refractivity (Wildman–Crippen MR) is 58.4 cm³/mol. The number of esters is 1. The number of hydrogen-bond acceptors (Lipinski definition) is 3. The maximum Gasteiger partial charge on any atom is 0.336 e. The second-order valence-electron chi connectivity index (χ2n) is 4.25. The van der Waals surface area contributed by atoms with Crippen LogP contribution in [0.1, 0.15) is 45.4 Å². The molecular formula is C12H20O3. The van der Waals surface area contributed by atoms with Gasteiger partial charge >= 0.3 is 5.97 Å². The molecule has 3 nitrogen and oxygen atoms in total. The Labute approximate surface area is 91.1 Å². The van der Waals surface area contributed by atoms with Crippen molar-refractivity contribution in [2.75, 3.05) is 6.61 Å². The van der Waals surface area contributed by atoms with Crippen LogP contribution >= 0.6 is 0 Å². The zero-order valence-electron chi connectivity index (χ0n) is 9.42. The van der Waals surface area contributed by atoms with Gasteiger partial charge in [0, 0.05) is 0 Å². The summed E-state index contributed by atoms with van der Waals surface area (Å²) in [6.45, 7) is 5.20. The molecule has 1 saturated carbocycles. The van der Waals surface area contributed by atoms with Crippen LogP contribution < -0.4 is 0 Å². The third-order valence-corrected chi connectivity index (χ3v) is 3.20. The molecule has 1 rings (SSSR count). The van der Waals surface area contributed by atoms with Crippen LogP contribution in [0.15, 0.2) is 12.2 Å². The maximum absolute atomic E-state index is 11.5. The van der Waals surface area contributed by atoms with Crippen LogP contribution in [0.3, 0.4) is 0 Å². The Hall–Kier alpha value is -0.830. The topological polar surface area (TPSA) is 46.5 Å². The van der Waals surface area contributed by atoms with E-state index in [4.69, 9.17) is 9.84 Å². The quantitative estimate of drug-likeness (QED) is 0.574. The SMILES string of the molecule is C=C(CO)C(=O)OC1(CC)CCCCC1. The molecule has 1 aliphatic carbocycles. The Bertz CT molecular complexity index is 239. The van der Waals surface area contributed by atoms with Crippen molar-refractivity contribution in [3.8, 4) is 0 Å². The molecular weight excluding hydrogens is 192 g/mol. The molecule has 1 N–H and O–H groups in total. The minimum atomic E-state index is -0.443. The Morgan fingerprint density at radius 3 is 2.47 bits per heavy atom. The summed E-state index contributed by atoms with van der Waals surface area (Å²) in [5, 5.41) is 8.79. The molecule has 3 heteroatoms. The summed E-state index contributed by atoms with van der Waals surface area (Å²) >= 11 is 0. The number of rotatable bonds is 4. The van der Waals surface area contributed by atoms with Gasteiger partial charge < -0.3 is 9.84 Å². The summed E-state index contributed by atoms with van der Waals surface area (Å²) in [6.07, 6.45) is 6.18. The lowest BCUT2D eigenvalue weighted by molar-refractivity contribution is -0.159. The van der Waals surface area contributed by atoms with E-state index in [0.717, 1.165) is 32.1 Å². The first kappa shape index (κ1) is 12.2. The molecule has 0 aliphatic heterocycles. The predicted octanol–water partition coefficient (Wildman–Crippen LogP) is 2.19. The largest absolute Gasteiger partial charge is 0.456 e. The number of aliphatic hydroxyl groups excluding tert-OH is 1. The van der Waals surface area contributed by atoms with E-state index >= 15 is 0 Å². The highest BCUT2D eigenvalue weighted by molar-refractivity contribution is 5.88. The molecule has 0 aromatic heterocycles. The lowest BCUT2D eigenvalue weighted by Gasteiger charge is -2.36. The van der Waals surface area contributed by atoms with Crippen molar-refractivity contribution >= 4 is 5.97 Å². The van der Waals surface area contributed by atoms with Crippen LogP contribution in [0.5, 0.6) is 0 Å². The first-order chi connectivity index (χ1) is 7.13. The lowest BCUT2D eigenvalue weighted by atomic mass is 9.82. The summed E-state index contributed by atoms with van der Waals surface area (Å²) in [7, 11) is 0. The smallest absolute Gasteiger partial charge is 0.336 e. The Morgan fingerprint density at radius 1 is 1.40 bits per heavy atom. The molecule has 0 amide bonds. The molecule has 0 heterocycles. The van der Waals surface area contributed by atoms with E-state index in [9.17, 15) is 4.79 Å². The van der Waals surface area contributed by atoms with Gasteiger partial charge in [0.2, 0.25) is 0 Å². The summed E-state index contributed by atoms with van der Waals surface area (Å²) < 4.78 is 5.48. The molecule has 0 aromatic carbocycles. The van der Waals surface area contributed by atoms with Gasteiger partial charge in [0.1, 0.15) is 5.60 Å². The molecule has 0 radical (unpaired) electrons. The summed E-state index contributed by atoms with van der Waals surface area (Å²) in [6, 6.07) is 0. The molecule has 0 unspecified atom stereocenters. The first-order valence-electron chi connectivity index (χ1n) is 5.65. The maximum atomic E-state index is 11.5. The van der Waals surface area contributed by atoms with Crippen molar-refractivity contribution in [3.05, 3.63) is 12.2 Å². The third kappa shape index (κ3) is 3.06. The van der Waals surface area contributed by atoms with Gasteiger partial charge in [-0.3, -0.25) is 0 Å². The minimum Gasteiger partial charge on any atom is -0.456 e. The van der Waals surface area contributed by atoms with Crippen LogP contribution in [-0.2, 0) is 9.53 Å². The second-order valence-corrected chi connectivity index (χ2v) is 4.25. The van der Waals surface area contributed by atoms with Crippen molar-refractivity contribution in [2.45, 2.75) is 51.0 Å². The molecule has 0 atom stereocenters. The van der Waals surface area contributed by atoms with E-state index in [2.05, 4.69) is 6.58 Å². The molecule has 0 aromatic rings. The number of carbonyl (C=O) groups excluding carboxylic acids is 1. The van der Waals surface area contributed by atoms with E-state index in [1.54, 1.807) is 0 Å². The number of ether oxygens (including phenoxy) is 1. The Kier molecular flexibility index (Phi) is 4.33. The summed E-state index contributed by atoms with van der Waals surface area (Å²) in [5.74, 6) is -0.443. The van der Waals surface area contributed by atoms with Gasteiger partial charge in [0.05, 0.1) is 12.2 Å². The fraction of sp³-hybridized carbons (Fsp3) is 0.750. The van der Waals surface area contributed by atoms with Crippen molar-refractivity contribution in [2.24, 2.45) is 0 Å². The van der Waals surface area contributed by atoms with Crippen LogP contribution in [0, 0.1) is 0 Å². The number of carbonyl (C=O) groups is 1. The van der Waals surface area contributed by atoms with Crippen LogP contribution in [0.4, 0.5) is 0 Å². The summed E-state index contributed by atoms with van der Waals surface area (Å²) in [4.78, 5) is 11.5. The first-order valence-corrected chi connectivity index (χ1v) is 5.65. The number of aliphatic hydroxyl groups is 1. The van der Waals surface area contributed by atoms with Crippen molar-refractivity contribution in [1.29, 1.82) is 0 Å². The third-order valence-electron chi connectivity index (χ3n) is 3.20. The average Bonchev–Trinajstić information content (AvgIpc) is 2.29. The standard InChI is InChI=1S/C12H20O3/c1-3-12(7-5-4-6-8-12)15-11(14)10(2)9-13/h13H,2-9H2,1H3. The number of hydrogen-bond donors (Lipinski definition) is 1. The van der Waals surface area contributed by atoms with E-state index in [1.807, 2.05) is 6.92 Å². The van der Waals surface area contributed by atoms with Crippen LogP contribution in [0.25, 0.3) is 0 Å². The lowest BCUT2D eigenvalue weighted by Crippen LogP contribution is -2.37. The van der Waals surface area contributed by atoms with E-state index in [-0.39, 0.29) is 17.8 Å².